The van der Waals surface area contributed by atoms with Crippen molar-refractivity contribution in [2.75, 3.05) is 6.61 Å². The van der Waals surface area contributed by atoms with Crippen LogP contribution in [0.1, 0.15) is 162 Å². The third kappa shape index (κ3) is 23.5. The van der Waals surface area contributed by atoms with Crippen LogP contribution in [0.5, 0.6) is 0 Å². The lowest BCUT2D eigenvalue weighted by Gasteiger charge is -2.23. The van der Waals surface area contributed by atoms with Gasteiger partial charge in [0.25, 0.3) is 0 Å². The Bertz CT molecular complexity index is 446. The molecule has 0 radical (unpaired) electrons. The summed E-state index contributed by atoms with van der Waals surface area (Å²) in [4.78, 5) is 12.2. The van der Waals surface area contributed by atoms with E-state index in [9.17, 15) is 20.1 Å². The largest absolute Gasteiger partial charge is 0.394 e. The summed E-state index contributed by atoms with van der Waals surface area (Å²) in [7, 11) is 0. The minimum Gasteiger partial charge on any atom is -0.394 e. The second kappa shape index (κ2) is 26.4. The summed E-state index contributed by atoms with van der Waals surface area (Å²) in [5, 5.41) is 32.9. The van der Waals surface area contributed by atoms with Gasteiger partial charge in [0.15, 0.2) is 0 Å². The van der Waals surface area contributed by atoms with Gasteiger partial charge in [-0.1, -0.05) is 142 Å². The van der Waals surface area contributed by atoms with Crippen LogP contribution in [0.25, 0.3) is 0 Å². The number of rotatable bonds is 27. The Morgan fingerprint density at radius 3 is 1.37 bits per heavy atom. The lowest BCUT2D eigenvalue weighted by atomic mass is 10.0. The van der Waals surface area contributed by atoms with Gasteiger partial charge in [-0.3, -0.25) is 4.79 Å². The van der Waals surface area contributed by atoms with Crippen LogP contribution in [-0.4, -0.2) is 46.1 Å². The van der Waals surface area contributed by atoms with Crippen molar-refractivity contribution in [3.05, 3.63) is 0 Å². The van der Waals surface area contributed by atoms with E-state index in [0.717, 1.165) is 25.7 Å². The molecule has 0 aromatic rings. The van der Waals surface area contributed by atoms with Crippen LogP contribution in [0.3, 0.4) is 0 Å². The summed E-state index contributed by atoms with van der Waals surface area (Å²) in [6, 6.07) is -0.648. The molecule has 0 heterocycles. The SMILES string of the molecule is CCCCCCCCCCCCCCC[C@@H](O)[C@H](CO)NC(=O)C[C@@H](O)CCCCCCCCC. The number of amides is 1. The maximum atomic E-state index is 12.2. The number of carbonyl (C=O) groups is 1. The van der Waals surface area contributed by atoms with E-state index in [-0.39, 0.29) is 18.9 Å². The van der Waals surface area contributed by atoms with Gasteiger partial charge in [0, 0.05) is 0 Å². The molecule has 0 aromatic carbocycles. The van der Waals surface area contributed by atoms with E-state index in [1.807, 2.05) is 0 Å². The second-order valence-corrected chi connectivity index (χ2v) is 10.7. The van der Waals surface area contributed by atoms with Crippen molar-refractivity contribution in [2.24, 2.45) is 0 Å². The van der Waals surface area contributed by atoms with E-state index >= 15 is 0 Å². The number of unbranched alkanes of at least 4 members (excludes halogenated alkanes) is 18. The molecule has 1 amide bonds. The van der Waals surface area contributed by atoms with Crippen LogP contribution in [0.15, 0.2) is 0 Å². The number of aliphatic hydroxyl groups excluding tert-OH is 3. The van der Waals surface area contributed by atoms with E-state index < -0.39 is 18.2 Å². The standard InChI is InChI=1S/C30H61NO4/c1-3-5-7-9-11-12-13-14-15-16-18-20-22-24-29(34)28(26-32)31-30(35)25-27(33)23-21-19-17-10-8-6-4-2/h27-29,32-34H,3-26H2,1-2H3,(H,31,35)/t27-,28-,29+/m0/s1. The van der Waals surface area contributed by atoms with Crippen molar-refractivity contribution in [3.8, 4) is 0 Å². The summed E-state index contributed by atoms with van der Waals surface area (Å²) in [6.07, 6.45) is 24.8. The molecule has 5 nitrogen and oxygen atoms in total. The van der Waals surface area contributed by atoms with Gasteiger partial charge in [-0.15, -0.1) is 0 Å². The van der Waals surface area contributed by atoms with Gasteiger partial charge in [-0.2, -0.15) is 0 Å². The molecule has 0 aliphatic rings. The molecule has 0 spiro atoms. The van der Waals surface area contributed by atoms with Crippen molar-refractivity contribution in [3.63, 3.8) is 0 Å². The third-order valence-corrected chi connectivity index (χ3v) is 7.17. The van der Waals surface area contributed by atoms with E-state index in [1.54, 1.807) is 0 Å². The van der Waals surface area contributed by atoms with Crippen molar-refractivity contribution >= 4 is 5.91 Å². The van der Waals surface area contributed by atoms with Crippen LogP contribution in [0.4, 0.5) is 0 Å². The molecule has 0 saturated heterocycles. The topological polar surface area (TPSA) is 89.8 Å². The highest BCUT2D eigenvalue weighted by Crippen LogP contribution is 2.15. The van der Waals surface area contributed by atoms with Crippen LogP contribution < -0.4 is 5.32 Å². The number of carbonyl (C=O) groups excluding carboxylic acids is 1. The zero-order valence-electron chi connectivity index (χ0n) is 23.5. The molecule has 0 rings (SSSR count). The van der Waals surface area contributed by atoms with Gasteiger partial charge in [-0.05, 0) is 12.8 Å². The summed E-state index contributed by atoms with van der Waals surface area (Å²) in [6.45, 7) is 4.19. The van der Waals surface area contributed by atoms with Gasteiger partial charge in [0.05, 0.1) is 31.3 Å². The first kappa shape index (κ1) is 34.4. The minimum atomic E-state index is -0.739. The highest BCUT2D eigenvalue weighted by Gasteiger charge is 2.21. The third-order valence-electron chi connectivity index (χ3n) is 7.17. The summed E-state index contributed by atoms with van der Waals surface area (Å²) in [5.74, 6) is -0.288. The molecule has 0 aliphatic heterocycles. The van der Waals surface area contributed by atoms with Gasteiger partial charge in [0.1, 0.15) is 0 Å². The van der Waals surface area contributed by atoms with Crippen molar-refractivity contribution in [1.82, 2.24) is 5.32 Å². The fourth-order valence-corrected chi connectivity index (χ4v) is 4.75. The molecule has 35 heavy (non-hydrogen) atoms. The fourth-order valence-electron chi connectivity index (χ4n) is 4.75. The highest BCUT2D eigenvalue weighted by molar-refractivity contribution is 5.76. The maximum absolute atomic E-state index is 12.2. The number of aliphatic hydroxyl groups is 3. The smallest absolute Gasteiger partial charge is 0.222 e. The minimum absolute atomic E-state index is 0.0395. The monoisotopic (exact) mass is 499 g/mol. The van der Waals surface area contributed by atoms with Crippen LogP contribution in [0, 0.1) is 0 Å². The predicted molar refractivity (Wildman–Crippen MR) is 149 cm³/mol. The van der Waals surface area contributed by atoms with Crippen molar-refractivity contribution < 1.29 is 20.1 Å². The number of hydrogen-bond acceptors (Lipinski definition) is 4. The van der Waals surface area contributed by atoms with Gasteiger partial charge in [0.2, 0.25) is 5.91 Å². The molecule has 0 aliphatic carbocycles. The molecule has 0 unspecified atom stereocenters. The Hall–Kier alpha value is -0.650. The van der Waals surface area contributed by atoms with Crippen LogP contribution >= 0.6 is 0 Å². The molecule has 0 fully saturated rings. The summed E-state index contributed by atoms with van der Waals surface area (Å²) >= 11 is 0. The van der Waals surface area contributed by atoms with Gasteiger partial charge < -0.3 is 20.6 Å². The molecular weight excluding hydrogens is 438 g/mol. The maximum Gasteiger partial charge on any atom is 0.222 e. The Balaban J connectivity index is 3.71. The van der Waals surface area contributed by atoms with Crippen molar-refractivity contribution in [2.45, 2.75) is 180 Å². The molecule has 0 bridgehead atoms. The van der Waals surface area contributed by atoms with Crippen LogP contribution in [0.2, 0.25) is 0 Å². The lowest BCUT2D eigenvalue weighted by molar-refractivity contribution is -0.125. The molecule has 4 N–H and O–H groups in total. The van der Waals surface area contributed by atoms with Gasteiger partial charge in [-0.25, -0.2) is 0 Å². The first-order valence-electron chi connectivity index (χ1n) is 15.3. The molecule has 5 heteroatoms. The molecule has 3 atom stereocenters. The average molecular weight is 500 g/mol. The molecule has 210 valence electrons. The number of nitrogens with one attached hydrogen (secondary N) is 1. The molecule has 0 saturated carbocycles. The highest BCUT2D eigenvalue weighted by atomic mass is 16.3. The van der Waals surface area contributed by atoms with E-state index in [1.165, 1.54) is 103 Å². The normalized spacial score (nSPS) is 14.1. The second-order valence-electron chi connectivity index (χ2n) is 10.7. The fraction of sp³-hybridized carbons (Fsp3) is 0.967. The predicted octanol–water partition coefficient (Wildman–Crippen LogP) is 7.20. The average Bonchev–Trinajstić information content (AvgIpc) is 2.84. The Morgan fingerprint density at radius 2 is 0.971 bits per heavy atom. The zero-order valence-corrected chi connectivity index (χ0v) is 23.5. The zero-order chi connectivity index (χ0) is 26.0. The van der Waals surface area contributed by atoms with Crippen LogP contribution in [-0.2, 0) is 4.79 Å². The first-order chi connectivity index (χ1) is 17.0. The van der Waals surface area contributed by atoms with Gasteiger partial charge >= 0.3 is 0 Å². The van der Waals surface area contributed by atoms with E-state index in [2.05, 4.69) is 19.2 Å². The Labute approximate surface area is 217 Å². The lowest BCUT2D eigenvalue weighted by Crippen LogP contribution is -2.46. The van der Waals surface area contributed by atoms with E-state index in [0.29, 0.717) is 12.8 Å². The number of hydrogen-bond donors (Lipinski definition) is 4. The molecular formula is C30H61NO4. The van der Waals surface area contributed by atoms with E-state index in [4.69, 9.17) is 0 Å². The molecule has 0 aromatic heterocycles. The van der Waals surface area contributed by atoms with Crippen molar-refractivity contribution in [1.29, 1.82) is 0 Å². The first-order valence-corrected chi connectivity index (χ1v) is 15.3. The Morgan fingerprint density at radius 1 is 0.600 bits per heavy atom. The summed E-state index contributed by atoms with van der Waals surface area (Å²) in [5.41, 5.74) is 0. The summed E-state index contributed by atoms with van der Waals surface area (Å²) < 4.78 is 0. The quantitative estimate of drug-likeness (QED) is 0.0900. The Kier molecular flexibility index (Phi) is 25.9.